The molecule has 1 aromatic rings. The zero-order chi connectivity index (χ0) is 23.9. The predicted octanol–water partition coefficient (Wildman–Crippen LogP) is 4.98. The summed E-state index contributed by atoms with van der Waals surface area (Å²) in [6, 6.07) is 3.02. The Balaban J connectivity index is 1.41. The SMILES string of the molecule is C[C@]12C=CC(=O)C=C1CC[C@@H]1[C@@H]2[C@@H](O)C[C@@]2(C)[C@H]1C[C@H]1O[C@@H](c3cccs3)O[C@]12C(=O)SCF. The van der Waals surface area contributed by atoms with Gasteiger partial charge in [-0.15, -0.1) is 11.3 Å². The number of fused-ring (bicyclic) bond motifs is 7. The molecule has 4 fully saturated rings. The van der Waals surface area contributed by atoms with Crippen LogP contribution in [0.2, 0.25) is 0 Å². The van der Waals surface area contributed by atoms with Crippen LogP contribution in [-0.2, 0) is 19.1 Å². The number of aliphatic hydroxyl groups is 1. The Morgan fingerprint density at radius 1 is 1.38 bits per heavy atom. The molecule has 8 heteroatoms. The summed E-state index contributed by atoms with van der Waals surface area (Å²) >= 11 is 2.16. The summed E-state index contributed by atoms with van der Waals surface area (Å²) in [7, 11) is 0. The number of hydrogen-bond acceptors (Lipinski definition) is 7. The van der Waals surface area contributed by atoms with Gasteiger partial charge in [0.15, 0.2) is 17.7 Å². The first-order chi connectivity index (χ1) is 16.2. The van der Waals surface area contributed by atoms with Gasteiger partial charge in [-0.3, -0.25) is 9.59 Å². The zero-order valence-corrected chi connectivity index (χ0v) is 20.9. The molecule has 4 aliphatic carbocycles. The summed E-state index contributed by atoms with van der Waals surface area (Å²) < 4.78 is 26.4. The lowest BCUT2D eigenvalue weighted by atomic mass is 9.46. The van der Waals surface area contributed by atoms with E-state index < -0.39 is 35.5 Å². The maximum absolute atomic E-state index is 13.6. The Labute approximate surface area is 206 Å². The Bertz CT molecular complexity index is 1080. The molecular formula is C26H29FO5S2. The van der Waals surface area contributed by atoms with Gasteiger partial charge in [0.25, 0.3) is 0 Å². The second-order valence-electron chi connectivity index (χ2n) is 10.8. The van der Waals surface area contributed by atoms with Crippen molar-refractivity contribution in [2.75, 3.05) is 6.01 Å². The zero-order valence-electron chi connectivity index (χ0n) is 19.2. The smallest absolute Gasteiger partial charge is 0.226 e. The topological polar surface area (TPSA) is 72.8 Å². The summed E-state index contributed by atoms with van der Waals surface area (Å²) in [4.78, 5) is 26.5. The number of carbonyl (C=O) groups is 2. The molecule has 1 aliphatic heterocycles. The number of aliphatic hydroxyl groups excluding tert-OH is 1. The summed E-state index contributed by atoms with van der Waals surface area (Å²) in [5.41, 5.74) is -1.28. The van der Waals surface area contributed by atoms with Crippen molar-refractivity contribution < 1.29 is 28.6 Å². The van der Waals surface area contributed by atoms with Crippen molar-refractivity contribution in [1.29, 1.82) is 0 Å². The summed E-state index contributed by atoms with van der Waals surface area (Å²) in [6.45, 7) is 4.17. The van der Waals surface area contributed by atoms with Gasteiger partial charge in [0.2, 0.25) is 5.12 Å². The Hall–Kier alpha value is -1.32. The number of alkyl halides is 1. The molecule has 5 nitrogen and oxygen atoms in total. The number of carbonyl (C=O) groups excluding carboxylic acids is 2. The van der Waals surface area contributed by atoms with E-state index >= 15 is 0 Å². The highest BCUT2D eigenvalue weighted by molar-refractivity contribution is 8.13. The van der Waals surface area contributed by atoms with Gasteiger partial charge >= 0.3 is 0 Å². The van der Waals surface area contributed by atoms with E-state index in [0.29, 0.717) is 24.6 Å². The van der Waals surface area contributed by atoms with E-state index in [-0.39, 0.29) is 34.1 Å². The molecular weight excluding hydrogens is 475 g/mol. The van der Waals surface area contributed by atoms with Gasteiger partial charge in [-0.2, -0.15) is 0 Å². The third kappa shape index (κ3) is 2.89. The van der Waals surface area contributed by atoms with E-state index in [2.05, 4.69) is 6.92 Å². The lowest BCUT2D eigenvalue weighted by Gasteiger charge is -2.59. The molecule has 182 valence electrons. The number of thioether (sulfide) groups is 1. The van der Waals surface area contributed by atoms with Crippen LogP contribution in [0.5, 0.6) is 0 Å². The molecule has 1 saturated heterocycles. The van der Waals surface area contributed by atoms with E-state index in [9.17, 15) is 19.1 Å². The van der Waals surface area contributed by atoms with Crippen molar-refractivity contribution in [1.82, 2.24) is 0 Å². The molecule has 6 rings (SSSR count). The first-order valence-electron chi connectivity index (χ1n) is 12.0. The van der Waals surface area contributed by atoms with Gasteiger partial charge < -0.3 is 14.6 Å². The molecule has 5 aliphatic rings. The van der Waals surface area contributed by atoms with Crippen LogP contribution in [0.4, 0.5) is 4.39 Å². The molecule has 34 heavy (non-hydrogen) atoms. The summed E-state index contributed by atoms with van der Waals surface area (Å²) in [6.07, 6.45) is 6.15. The quantitative estimate of drug-likeness (QED) is 0.626. The largest absolute Gasteiger partial charge is 0.393 e. The lowest BCUT2D eigenvalue weighted by molar-refractivity contribution is -0.194. The monoisotopic (exact) mass is 504 g/mol. The summed E-state index contributed by atoms with van der Waals surface area (Å²) in [5, 5.41) is 13.3. The first kappa shape index (κ1) is 23.1. The van der Waals surface area contributed by atoms with E-state index in [1.54, 1.807) is 12.2 Å². The van der Waals surface area contributed by atoms with E-state index in [1.165, 1.54) is 11.3 Å². The fourth-order valence-electron chi connectivity index (χ4n) is 8.13. The molecule has 2 heterocycles. The van der Waals surface area contributed by atoms with Crippen molar-refractivity contribution in [3.8, 4) is 0 Å². The predicted molar refractivity (Wildman–Crippen MR) is 128 cm³/mol. The van der Waals surface area contributed by atoms with Crippen LogP contribution in [0, 0.1) is 28.6 Å². The van der Waals surface area contributed by atoms with E-state index in [0.717, 1.165) is 23.3 Å². The lowest BCUT2D eigenvalue weighted by Crippen LogP contribution is -2.62. The number of hydrogen-bond donors (Lipinski definition) is 1. The van der Waals surface area contributed by atoms with Crippen LogP contribution in [0.15, 0.2) is 41.3 Å². The standard InChI is InChI=1S/C26H29FO5S2/c1-24-8-7-15(28)10-14(24)5-6-16-17-11-20-26(23(30)34-13-27,25(17,2)12-18(29)21(16)24)32-22(31-20)19-4-3-9-33-19/h3-4,7-10,16-18,20-22,29H,5-6,11-13H2,1-2H3/t16-,17-,18-,20+,21+,22+,24-,25-,26-/m0/s1. The highest BCUT2D eigenvalue weighted by Crippen LogP contribution is 2.71. The average molecular weight is 505 g/mol. The highest BCUT2D eigenvalue weighted by Gasteiger charge is 2.76. The number of rotatable bonds is 3. The van der Waals surface area contributed by atoms with Crippen molar-refractivity contribution in [2.45, 2.75) is 63.6 Å². The fourth-order valence-corrected chi connectivity index (χ4v) is 9.54. The third-order valence-electron chi connectivity index (χ3n) is 9.50. The second-order valence-corrected chi connectivity index (χ2v) is 12.7. The third-order valence-corrected chi connectivity index (χ3v) is 11.1. The molecule has 0 aromatic carbocycles. The highest BCUT2D eigenvalue weighted by atomic mass is 32.2. The van der Waals surface area contributed by atoms with Crippen molar-refractivity contribution in [2.24, 2.45) is 28.6 Å². The average Bonchev–Trinajstić information content (AvgIpc) is 3.49. The number of ether oxygens (including phenoxy) is 2. The van der Waals surface area contributed by atoms with Crippen LogP contribution in [0.25, 0.3) is 0 Å². The second kappa shape index (κ2) is 7.84. The molecule has 1 aromatic heterocycles. The normalized spacial score (nSPS) is 46.9. The molecule has 3 saturated carbocycles. The molecule has 0 amide bonds. The van der Waals surface area contributed by atoms with E-state index in [1.807, 2.05) is 30.5 Å². The minimum absolute atomic E-state index is 0.00526. The van der Waals surface area contributed by atoms with Gasteiger partial charge in [-0.05, 0) is 61.1 Å². The molecule has 0 radical (unpaired) electrons. The van der Waals surface area contributed by atoms with Crippen molar-refractivity contribution in [3.63, 3.8) is 0 Å². The van der Waals surface area contributed by atoms with Crippen molar-refractivity contribution >= 4 is 34.0 Å². The first-order valence-corrected chi connectivity index (χ1v) is 13.8. The molecule has 1 N–H and O–H groups in total. The number of thiophene rings is 1. The Kier molecular flexibility index (Phi) is 5.33. The van der Waals surface area contributed by atoms with Crippen LogP contribution < -0.4 is 0 Å². The van der Waals surface area contributed by atoms with Gasteiger partial charge in [0, 0.05) is 16.7 Å². The van der Waals surface area contributed by atoms with Gasteiger partial charge in [0.1, 0.15) is 6.01 Å². The Morgan fingerprint density at radius 2 is 2.21 bits per heavy atom. The van der Waals surface area contributed by atoms with Crippen LogP contribution in [0.3, 0.4) is 0 Å². The number of ketones is 1. The van der Waals surface area contributed by atoms with Gasteiger partial charge in [-0.1, -0.05) is 43.3 Å². The summed E-state index contributed by atoms with van der Waals surface area (Å²) in [5.74, 6) is 0.184. The fraction of sp³-hybridized carbons (Fsp3) is 0.615. The molecule has 9 atom stereocenters. The number of halogens is 1. The van der Waals surface area contributed by atoms with Gasteiger partial charge in [-0.25, -0.2) is 4.39 Å². The number of allylic oxidation sites excluding steroid dienone is 4. The van der Waals surface area contributed by atoms with Crippen LogP contribution in [-0.4, -0.2) is 39.8 Å². The van der Waals surface area contributed by atoms with Crippen LogP contribution >= 0.6 is 23.1 Å². The van der Waals surface area contributed by atoms with Crippen LogP contribution in [0.1, 0.15) is 50.7 Å². The van der Waals surface area contributed by atoms with Crippen molar-refractivity contribution in [3.05, 3.63) is 46.2 Å². The maximum Gasteiger partial charge on any atom is 0.226 e. The molecule has 0 unspecified atom stereocenters. The maximum atomic E-state index is 13.6. The Morgan fingerprint density at radius 3 is 2.94 bits per heavy atom. The molecule has 0 bridgehead atoms. The van der Waals surface area contributed by atoms with Gasteiger partial charge in [0.05, 0.1) is 17.1 Å². The molecule has 0 spiro atoms. The van der Waals surface area contributed by atoms with E-state index in [4.69, 9.17) is 9.47 Å². The minimum atomic E-state index is -1.30. The minimum Gasteiger partial charge on any atom is -0.393 e.